The average molecular weight is 251 g/mol. The Bertz CT molecular complexity index is 421. The van der Waals surface area contributed by atoms with Gasteiger partial charge in [0.1, 0.15) is 5.69 Å². The fourth-order valence-electron chi connectivity index (χ4n) is 2.38. The molecule has 0 atom stereocenters. The Kier molecular flexibility index (Phi) is 2.98. The number of aromatic nitrogens is 2. The van der Waals surface area contributed by atoms with Gasteiger partial charge in [-0.15, -0.1) is 0 Å². The van der Waals surface area contributed by atoms with Gasteiger partial charge in [0.15, 0.2) is 5.82 Å². The Balaban J connectivity index is 1.87. The first-order valence-electron chi connectivity index (χ1n) is 6.03. The largest absolute Gasteiger partial charge is 0.378 e. The maximum absolute atomic E-state index is 4.47. The third-order valence-corrected chi connectivity index (χ3v) is 3.78. The molecule has 0 spiro atoms. The quantitative estimate of drug-likeness (QED) is 0.848. The summed E-state index contributed by atoms with van der Waals surface area (Å²) in [7, 11) is 2.11. The van der Waals surface area contributed by atoms with Gasteiger partial charge in [-0.05, 0) is 19.9 Å². The second-order valence-corrected chi connectivity index (χ2v) is 5.21. The molecule has 0 bridgehead atoms. The van der Waals surface area contributed by atoms with E-state index in [1.165, 1.54) is 30.1 Å². The molecule has 1 aromatic rings. The van der Waals surface area contributed by atoms with Crippen molar-refractivity contribution >= 4 is 23.1 Å². The Morgan fingerprint density at radius 2 is 2.12 bits per heavy atom. The lowest BCUT2D eigenvalue weighted by molar-refractivity contribution is 0.349. The lowest BCUT2D eigenvalue weighted by Crippen LogP contribution is -2.34. The number of hydrogen-bond acceptors (Lipinski definition) is 6. The zero-order chi connectivity index (χ0) is 11.7. The van der Waals surface area contributed by atoms with Crippen LogP contribution < -0.4 is 10.2 Å². The molecule has 1 fully saturated rings. The van der Waals surface area contributed by atoms with Crippen LogP contribution in [0.3, 0.4) is 0 Å². The molecule has 1 aromatic heterocycles. The van der Waals surface area contributed by atoms with E-state index in [9.17, 15) is 0 Å². The molecule has 3 heterocycles. The van der Waals surface area contributed by atoms with Crippen LogP contribution in [0.4, 0.5) is 5.82 Å². The maximum Gasteiger partial charge on any atom is 0.170 e. The van der Waals surface area contributed by atoms with E-state index in [-0.39, 0.29) is 0 Å². The molecule has 6 heteroatoms. The van der Waals surface area contributed by atoms with Gasteiger partial charge in [0.2, 0.25) is 0 Å². The van der Waals surface area contributed by atoms with E-state index in [2.05, 4.69) is 37.1 Å². The second-order valence-electron chi connectivity index (χ2n) is 4.68. The van der Waals surface area contributed by atoms with Crippen molar-refractivity contribution in [2.24, 2.45) is 0 Å². The standard InChI is InChI=1S/C11H17N5S/c1-15-7-9(6-12-8-15)10-11(14-17-13-10)16-4-2-3-5-16/h6,12H,2-5,7-8H2,1H3. The van der Waals surface area contributed by atoms with E-state index >= 15 is 0 Å². The molecule has 0 saturated carbocycles. The summed E-state index contributed by atoms with van der Waals surface area (Å²) in [6, 6.07) is 0. The van der Waals surface area contributed by atoms with Crippen LogP contribution in [-0.2, 0) is 0 Å². The monoisotopic (exact) mass is 251 g/mol. The highest BCUT2D eigenvalue weighted by Gasteiger charge is 2.23. The Morgan fingerprint density at radius 3 is 2.88 bits per heavy atom. The van der Waals surface area contributed by atoms with Crippen molar-refractivity contribution in [3.8, 4) is 0 Å². The van der Waals surface area contributed by atoms with E-state index in [0.29, 0.717) is 0 Å². The van der Waals surface area contributed by atoms with Gasteiger partial charge in [-0.3, -0.25) is 4.90 Å². The van der Waals surface area contributed by atoms with Gasteiger partial charge in [0, 0.05) is 31.4 Å². The van der Waals surface area contributed by atoms with Crippen molar-refractivity contribution in [3.05, 3.63) is 11.9 Å². The highest BCUT2D eigenvalue weighted by molar-refractivity contribution is 6.99. The first kappa shape index (κ1) is 11.0. The summed E-state index contributed by atoms with van der Waals surface area (Å²) < 4.78 is 8.94. The lowest BCUT2D eigenvalue weighted by Gasteiger charge is -2.24. The third kappa shape index (κ3) is 2.14. The molecular weight excluding hydrogens is 234 g/mol. The first-order chi connectivity index (χ1) is 8.34. The topological polar surface area (TPSA) is 44.3 Å². The molecule has 0 aliphatic carbocycles. The highest BCUT2D eigenvalue weighted by Crippen LogP contribution is 2.28. The van der Waals surface area contributed by atoms with Gasteiger partial charge in [-0.2, -0.15) is 8.75 Å². The molecule has 0 amide bonds. The van der Waals surface area contributed by atoms with Crippen molar-refractivity contribution in [1.82, 2.24) is 19.0 Å². The predicted molar refractivity (Wildman–Crippen MR) is 70.0 cm³/mol. The van der Waals surface area contributed by atoms with E-state index in [4.69, 9.17) is 0 Å². The average Bonchev–Trinajstić information content (AvgIpc) is 3.00. The minimum absolute atomic E-state index is 0.903. The molecule has 0 unspecified atom stereocenters. The SMILES string of the molecule is CN1CNC=C(c2nsnc2N2CCCC2)C1. The van der Waals surface area contributed by atoms with Crippen LogP contribution in [0.2, 0.25) is 0 Å². The summed E-state index contributed by atoms with van der Waals surface area (Å²) >= 11 is 1.32. The molecular formula is C11H17N5S. The van der Waals surface area contributed by atoms with E-state index in [1.54, 1.807) is 0 Å². The molecule has 2 aliphatic heterocycles. The Labute approximate surface area is 105 Å². The zero-order valence-electron chi connectivity index (χ0n) is 10.0. The summed E-state index contributed by atoms with van der Waals surface area (Å²) in [6.07, 6.45) is 4.62. The Morgan fingerprint density at radius 1 is 1.29 bits per heavy atom. The lowest BCUT2D eigenvalue weighted by atomic mass is 10.1. The molecule has 1 saturated heterocycles. The van der Waals surface area contributed by atoms with Crippen LogP contribution in [0.1, 0.15) is 18.5 Å². The first-order valence-corrected chi connectivity index (χ1v) is 6.76. The highest BCUT2D eigenvalue weighted by atomic mass is 32.1. The number of nitrogens with one attached hydrogen (secondary N) is 1. The zero-order valence-corrected chi connectivity index (χ0v) is 10.8. The minimum atomic E-state index is 0.903. The molecule has 3 rings (SSSR count). The number of nitrogens with zero attached hydrogens (tertiary/aromatic N) is 4. The van der Waals surface area contributed by atoms with E-state index in [1.807, 2.05) is 0 Å². The second kappa shape index (κ2) is 4.62. The minimum Gasteiger partial charge on any atom is -0.378 e. The summed E-state index contributed by atoms with van der Waals surface area (Å²) in [6.45, 7) is 4.09. The van der Waals surface area contributed by atoms with Gasteiger partial charge in [0.25, 0.3) is 0 Å². The summed E-state index contributed by atoms with van der Waals surface area (Å²) in [5.74, 6) is 1.08. The van der Waals surface area contributed by atoms with Gasteiger partial charge in [-0.25, -0.2) is 0 Å². The number of rotatable bonds is 2. The third-order valence-electron chi connectivity index (χ3n) is 3.26. The van der Waals surface area contributed by atoms with Crippen molar-refractivity contribution in [2.45, 2.75) is 12.8 Å². The molecule has 92 valence electrons. The van der Waals surface area contributed by atoms with Crippen LogP contribution in [0.15, 0.2) is 6.20 Å². The normalized spacial score (nSPS) is 21.5. The maximum atomic E-state index is 4.47. The number of likely N-dealkylation sites (N-methyl/N-ethyl adjacent to an activating group) is 1. The van der Waals surface area contributed by atoms with Crippen LogP contribution in [0.25, 0.3) is 5.57 Å². The van der Waals surface area contributed by atoms with E-state index < -0.39 is 0 Å². The van der Waals surface area contributed by atoms with Crippen LogP contribution in [0, 0.1) is 0 Å². The molecule has 0 aromatic carbocycles. The van der Waals surface area contributed by atoms with Crippen molar-refractivity contribution in [3.63, 3.8) is 0 Å². The van der Waals surface area contributed by atoms with Crippen molar-refractivity contribution in [1.29, 1.82) is 0 Å². The fraction of sp³-hybridized carbons (Fsp3) is 0.636. The fourth-order valence-corrected chi connectivity index (χ4v) is 2.98. The summed E-state index contributed by atoms with van der Waals surface area (Å²) in [4.78, 5) is 4.59. The summed E-state index contributed by atoms with van der Waals surface area (Å²) in [5.41, 5.74) is 2.31. The van der Waals surface area contributed by atoms with Crippen LogP contribution >= 0.6 is 11.7 Å². The van der Waals surface area contributed by atoms with E-state index in [0.717, 1.165) is 37.8 Å². The molecule has 2 aliphatic rings. The number of hydrogen-bond donors (Lipinski definition) is 1. The van der Waals surface area contributed by atoms with Crippen LogP contribution in [-0.4, -0.2) is 47.0 Å². The van der Waals surface area contributed by atoms with Gasteiger partial charge < -0.3 is 10.2 Å². The van der Waals surface area contributed by atoms with Crippen molar-refractivity contribution in [2.75, 3.05) is 38.3 Å². The smallest absolute Gasteiger partial charge is 0.170 e. The Hall–Kier alpha value is -1.14. The van der Waals surface area contributed by atoms with Crippen molar-refractivity contribution < 1.29 is 0 Å². The molecule has 1 N–H and O–H groups in total. The van der Waals surface area contributed by atoms with Gasteiger partial charge in [-0.1, -0.05) is 0 Å². The number of anilines is 1. The molecule has 17 heavy (non-hydrogen) atoms. The van der Waals surface area contributed by atoms with Crippen LogP contribution in [0.5, 0.6) is 0 Å². The molecule has 0 radical (unpaired) electrons. The van der Waals surface area contributed by atoms with Gasteiger partial charge in [0.05, 0.1) is 18.4 Å². The van der Waals surface area contributed by atoms with Gasteiger partial charge >= 0.3 is 0 Å². The molecule has 5 nitrogen and oxygen atoms in total. The predicted octanol–water partition coefficient (Wildman–Crippen LogP) is 0.972. The summed E-state index contributed by atoms with van der Waals surface area (Å²) in [5, 5.41) is 3.27.